The minimum Gasteiger partial charge on any atom is -0.443 e. The van der Waals surface area contributed by atoms with Gasteiger partial charge in [-0.05, 0) is 43.0 Å². The summed E-state index contributed by atoms with van der Waals surface area (Å²) >= 11 is 0. The van der Waals surface area contributed by atoms with Crippen LogP contribution in [0.3, 0.4) is 0 Å². The van der Waals surface area contributed by atoms with Crippen molar-refractivity contribution in [1.29, 1.82) is 0 Å². The number of amides is 1. The van der Waals surface area contributed by atoms with Gasteiger partial charge in [0.05, 0.1) is 13.1 Å². The van der Waals surface area contributed by atoms with Crippen LogP contribution in [0.25, 0.3) is 22.3 Å². The van der Waals surface area contributed by atoms with Crippen LogP contribution in [-0.4, -0.2) is 35.5 Å². The zero-order chi connectivity index (χ0) is 21.1. The van der Waals surface area contributed by atoms with Crippen LogP contribution in [0.1, 0.15) is 26.3 Å². The molecule has 1 heterocycles. The smallest absolute Gasteiger partial charge is 0.416 e. The topological polar surface area (TPSA) is 41.9 Å². The van der Waals surface area contributed by atoms with Crippen LogP contribution in [0.15, 0.2) is 83.9 Å². The van der Waals surface area contributed by atoms with Gasteiger partial charge in [0, 0.05) is 5.56 Å². The van der Waals surface area contributed by atoms with Crippen molar-refractivity contribution in [3.8, 4) is 22.3 Å². The summed E-state index contributed by atoms with van der Waals surface area (Å²) in [6, 6.07) is 27.1. The standard InChI is InChI=1S/C26H26N2O2/c1-26(2,3)30-25(29)28-18-17-27-24(28)23-15-13-22(14-16-23)21-11-9-20(10-12-21)19-7-5-4-6-8-19/h4-16H,17-18H2,1-3H3. The number of aliphatic imine (C=N–C) groups is 1. The van der Waals surface area contributed by atoms with Crippen LogP contribution in [0.4, 0.5) is 4.79 Å². The summed E-state index contributed by atoms with van der Waals surface area (Å²) in [5.74, 6) is 0.676. The Hall–Kier alpha value is -3.40. The summed E-state index contributed by atoms with van der Waals surface area (Å²) in [6.07, 6.45) is -0.348. The molecule has 0 saturated carbocycles. The van der Waals surface area contributed by atoms with E-state index in [0.29, 0.717) is 18.9 Å². The van der Waals surface area contributed by atoms with Crippen molar-refractivity contribution >= 4 is 11.9 Å². The highest BCUT2D eigenvalue weighted by Crippen LogP contribution is 2.26. The number of nitrogens with zero attached hydrogens (tertiary/aromatic N) is 2. The van der Waals surface area contributed by atoms with Crippen LogP contribution in [0, 0.1) is 0 Å². The van der Waals surface area contributed by atoms with E-state index in [0.717, 1.165) is 16.7 Å². The monoisotopic (exact) mass is 398 g/mol. The maximum absolute atomic E-state index is 12.5. The Kier molecular flexibility index (Phi) is 5.40. The number of hydrogen-bond acceptors (Lipinski definition) is 3. The molecule has 0 N–H and O–H groups in total. The first-order valence-corrected chi connectivity index (χ1v) is 10.2. The molecule has 0 spiro atoms. The van der Waals surface area contributed by atoms with Gasteiger partial charge >= 0.3 is 6.09 Å². The predicted octanol–water partition coefficient (Wildman–Crippen LogP) is 6.02. The summed E-state index contributed by atoms with van der Waals surface area (Å²) in [4.78, 5) is 18.7. The maximum atomic E-state index is 12.5. The van der Waals surface area contributed by atoms with E-state index in [9.17, 15) is 4.79 Å². The highest BCUT2D eigenvalue weighted by atomic mass is 16.6. The van der Waals surface area contributed by atoms with Crippen molar-refractivity contribution in [2.75, 3.05) is 13.1 Å². The summed E-state index contributed by atoms with van der Waals surface area (Å²) < 4.78 is 5.52. The second kappa shape index (κ2) is 8.15. The molecule has 0 atom stereocenters. The molecule has 0 aliphatic carbocycles. The van der Waals surface area contributed by atoms with E-state index in [2.05, 4.69) is 53.5 Å². The zero-order valence-corrected chi connectivity index (χ0v) is 17.6. The van der Waals surface area contributed by atoms with Gasteiger partial charge in [-0.15, -0.1) is 0 Å². The zero-order valence-electron chi connectivity index (χ0n) is 17.6. The quantitative estimate of drug-likeness (QED) is 0.541. The van der Waals surface area contributed by atoms with Gasteiger partial charge in [0.25, 0.3) is 0 Å². The molecular formula is C26H26N2O2. The molecule has 4 rings (SSSR count). The third-order valence-corrected chi connectivity index (χ3v) is 4.92. The number of amidine groups is 1. The highest BCUT2D eigenvalue weighted by molar-refractivity contribution is 6.07. The lowest BCUT2D eigenvalue weighted by atomic mass is 9.99. The molecule has 1 aliphatic rings. The SMILES string of the molecule is CC(C)(C)OC(=O)N1CCN=C1c1ccc(-c2ccc(-c3ccccc3)cc2)cc1. The maximum Gasteiger partial charge on any atom is 0.416 e. The van der Waals surface area contributed by atoms with Crippen LogP contribution in [-0.2, 0) is 4.74 Å². The molecule has 1 amide bonds. The lowest BCUT2D eigenvalue weighted by molar-refractivity contribution is 0.0385. The summed E-state index contributed by atoms with van der Waals surface area (Å²) in [5.41, 5.74) is 5.08. The van der Waals surface area contributed by atoms with Crippen LogP contribution >= 0.6 is 0 Å². The summed E-state index contributed by atoms with van der Waals surface area (Å²) in [5, 5.41) is 0. The largest absolute Gasteiger partial charge is 0.443 e. The Labute approximate surface area is 177 Å². The molecular weight excluding hydrogens is 372 g/mol. The molecule has 30 heavy (non-hydrogen) atoms. The molecule has 0 radical (unpaired) electrons. The van der Waals surface area contributed by atoms with Gasteiger partial charge in [0.1, 0.15) is 11.4 Å². The first-order valence-electron chi connectivity index (χ1n) is 10.2. The van der Waals surface area contributed by atoms with Crippen LogP contribution < -0.4 is 0 Å². The Morgan fingerprint density at radius 1 is 0.767 bits per heavy atom. The number of carbonyl (C=O) groups excluding carboxylic acids is 1. The van der Waals surface area contributed by atoms with E-state index in [1.807, 2.05) is 51.1 Å². The molecule has 152 valence electrons. The van der Waals surface area contributed by atoms with Crippen molar-refractivity contribution in [3.63, 3.8) is 0 Å². The van der Waals surface area contributed by atoms with Crippen LogP contribution in [0.2, 0.25) is 0 Å². The fourth-order valence-electron chi connectivity index (χ4n) is 3.49. The van der Waals surface area contributed by atoms with Crippen LogP contribution in [0.5, 0.6) is 0 Å². The molecule has 4 nitrogen and oxygen atoms in total. The minimum absolute atomic E-state index is 0.348. The van der Waals surface area contributed by atoms with Gasteiger partial charge in [-0.3, -0.25) is 9.89 Å². The normalized spacial score (nSPS) is 13.8. The van der Waals surface area contributed by atoms with E-state index in [4.69, 9.17) is 4.74 Å². The molecule has 3 aromatic carbocycles. The lowest BCUT2D eigenvalue weighted by Crippen LogP contribution is -2.39. The number of ether oxygens (including phenoxy) is 1. The number of rotatable bonds is 3. The molecule has 0 fully saturated rings. The average Bonchev–Trinajstić information content (AvgIpc) is 3.24. The molecule has 1 aliphatic heterocycles. The Morgan fingerprint density at radius 3 is 1.73 bits per heavy atom. The van der Waals surface area contributed by atoms with E-state index >= 15 is 0 Å². The third kappa shape index (κ3) is 4.43. The van der Waals surface area contributed by atoms with Crippen molar-refractivity contribution < 1.29 is 9.53 Å². The van der Waals surface area contributed by atoms with Gasteiger partial charge in [-0.1, -0.05) is 78.9 Å². The fourth-order valence-corrected chi connectivity index (χ4v) is 3.49. The van der Waals surface area contributed by atoms with E-state index in [-0.39, 0.29) is 6.09 Å². The van der Waals surface area contributed by atoms with Gasteiger partial charge in [0.15, 0.2) is 0 Å². The minimum atomic E-state index is -0.527. The van der Waals surface area contributed by atoms with E-state index < -0.39 is 5.60 Å². The Morgan fingerprint density at radius 2 is 1.23 bits per heavy atom. The lowest BCUT2D eigenvalue weighted by Gasteiger charge is -2.25. The third-order valence-electron chi connectivity index (χ3n) is 4.92. The Balaban J connectivity index is 1.51. The van der Waals surface area contributed by atoms with Crippen molar-refractivity contribution in [1.82, 2.24) is 4.90 Å². The van der Waals surface area contributed by atoms with Gasteiger partial charge in [0.2, 0.25) is 0 Å². The average molecular weight is 399 g/mol. The molecule has 3 aromatic rings. The predicted molar refractivity (Wildman–Crippen MR) is 122 cm³/mol. The first-order chi connectivity index (χ1) is 14.4. The molecule has 4 heteroatoms. The molecule has 0 aromatic heterocycles. The Bertz CT molecular complexity index is 1050. The number of carbonyl (C=O) groups is 1. The van der Waals surface area contributed by atoms with Gasteiger partial charge in [-0.25, -0.2) is 4.79 Å². The molecule has 0 unspecified atom stereocenters. The first kappa shape index (κ1) is 19.9. The van der Waals surface area contributed by atoms with E-state index in [1.165, 1.54) is 11.1 Å². The van der Waals surface area contributed by atoms with Crippen molar-refractivity contribution in [3.05, 3.63) is 84.4 Å². The van der Waals surface area contributed by atoms with Gasteiger partial charge < -0.3 is 4.74 Å². The van der Waals surface area contributed by atoms with E-state index in [1.54, 1.807) is 4.90 Å². The highest BCUT2D eigenvalue weighted by Gasteiger charge is 2.29. The second-order valence-corrected chi connectivity index (χ2v) is 8.36. The number of benzene rings is 3. The molecule has 0 saturated heterocycles. The molecule has 0 bridgehead atoms. The number of hydrogen-bond donors (Lipinski definition) is 0. The van der Waals surface area contributed by atoms with Crippen molar-refractivity contribution in [2.45, 2.75) is 26.4 Å². The summed E-state index contributed by atoms with van der Waals surface area (Å²) in [6.45, 7) is 6.76. The van der Waals surface area contributed by atoms with Crippen molar-refractivity contribution in [2.24, 2.45) is 4.99 Å². The summed E-state index contributed by atoms with van der Waals surface area (Å²) in [7, 11) is 0. The van der Waals surface area contributed by atoms with Gasteiger partial charge in [-0.2, -0.15) is 0 Å². The fraction of sp³-hybridized carbons (Fsp3) is 0.231. The second-order valence-electron chi connectivity index (χ2n) is 8.36.